The molecule has 1 saturated heterocycles. The summed E-state index contributed by atoms with van der Waals surface area (Å²) < 4.78 is 27.2. The molecule has 110 valence electrons. The van der Waals surface area contributed by atoms with Crippen LogP contribution < -0.4 is 4.90 Å². The Bertz CT molecular complexity index is 281. The molecule has 0 bridgehead atoms. The molecule has 1 rings (SSSR count). The third-order valence-corrected chi connectivity index (χ3v) is 3.36. The van der Waals surface area contributed by atoms with Crippen molar-refractivity contribution in [1.29, 1.82) is 0 Å². The summed E-state index contributed by atoms with van der Waals surface area (Å²) in [4.78, 5) is 1.90. The SMILES string of the molecule is CCCCC1CCCC[NH+]1CCC.CS(=O)(=O)[O-]. The fourth-order valence-corrected chi connectivity index (χ4v) is 2.60. The van der Waals surface area contributed by atoms with E-state index in [9.17, 15) is 0 Å². The topological polar surface area (TPSA) is 61.6 Å². The Hall–Kier alpha value is -0.130. The molecule has 0 radical (unpaired) electrons. The lowest BCUT2D eigenvalue weighted by Gasteiger charge is -2.32. The predicted octanol–water partition coefficient (Wildman–Crippen LogP) is 1.19. The van der Waals surface area contributed by atoms with E-state index in [1.807, 2.05) is 4.90 Å². The van der Waals surface area contributed by atoms with Crippen LogP contribution in [-0.2, 0) is 10.1 Å². The van der Waals surface area contributed by atoms with Crippen molar-refractivity contribution >= 4 is 10.1 Å². The molecule has 1 aliphatic heterocycles. The predicted molar refractivity (Wildman–Crippen MR) is 73.8 cm³/mol. The van der Waals surface area contributed by atoms with Gasteiger partial charge in [-0.15, -0.1) is 0 Å². The molecule has 0 aliphatic carbocycles. The third kappa shape index (κ3) is 11.0. The minimum absolute atomic E-state index is 0.604. The van der Waals surface area contributed by atoms with Gasteiger partial charge in [-0.05, 0) is 38.5 Å². The van der Waals surface area contributed by atoms with Crippen LogP contribution >= 0.6 is 0 Å². The van der Waals surface area contributed by atoms with Crippen molar-refractivity contribution in [3.05, 3.63) is 0 Å². The normalized spacial score (nSPS) is 24.2. The molecule has 1 aliphatic rings. The highest BCUT2D eigenvalue weighted by Crippen LogP contribution is 2.09. The molecular weight excluding hydrogens is 250 g/mol. The molecular formula is C13H29NO3S. The fraction of sp³-hybridized carbons (Fsp3) is 1.00. The Morgan fingerprint density at radius 3 is 2.33 bits per heavy atom. The molecule has 18 heavy (non-hydrogen) atoms. The largest absolute Gasteiger partial charge is 0.748 e. The van der Waals surface area contributed by atoms with E-state index in [0.29, 0.717) is 6.26 Å². The van der Waals surface area contributed by atoms with Crippen LogP contribution in [0.3, 0.4) is 0 Å². The van der Waals surface area contributed by atoms with Crippen molar-refractivity contribution in [3.8, 4) is 0 Å². The van der Waals surface area contributed by atoms with E-state index in [0.717, 1.165) is 6.04 Å². The zero-order chi connectivity index (χ0) is 14.0. The van der Waals surface area contributed by atoms with Gasteiger partial charge in [0.05, 0.1) is 29.2 Å². The maximum absolute atomic E-state index is 9.08. The molecule has 2 atom stereocenters. The van der Waals surface area contributed by atoms with Crippen molar-refractivity contribution in [2.24, 2.45) is 0 Å². The van der Waals surface area contributed by atoms with Crippen LogP contribution in [0.1, 0.15) is 58.8 Å². The van der Waals surface area contributed by atoms with Crippen LogP contribution in [0, 0.1) is 0 Å². The molecule has 4 nitrogen and oxygen atoms in total. The Morgan fingerprint density at radius 1 is 1.22 bits per heavy atom. The third-order valence-electron chi connectivity index (χ3n) is 3.36. The van der Waals surface area contributed by atoms with E-state index in [2.05, 4.69) is 13.8 Å². The molecule has 0 amide bonds. The van der Waals surface area contributed by atoms with E-state index >= 15 is 0 Å². The first kappa shape index (κ1) is 17.9. The van der Waals surface area contributed by atoms with Gasteiger partial charge >= 0.3 is 0 Å². The van der Waals surface area contributed by atoms with Crippen LogP contribution in [0.15, 0.2) is 0 Å². The molecule has 5 heteroatoms. The highest BCUT2D eigenvalue weighted by atomic mass is 32.2. The number of rotatable bonds is 5. The highest BCUT2D eigenvalue weighted by molar-refractivity contribution is 7.84. The summed E-state index contributed by atoms with van der Waals surface area (Å²) >= 11 is 0. The Morgan fingerprint density at radius 2 is 1.83 bits per heavy atom. The van der Waals surface area contributed by atoms with Crippen molar-refractivity contribution in [3.63, 3.8) is 0 Å². The molecule has 1 heterocycles. The van der Waals surface area contributed by atoms with Crippen LogP contribution in [0.25, 0.3) is 0 Å². The second kappa shape index (κ2) is 9.75. The van der Waals surface area contributed by atoms with E-state index in [-0.39, 0.29) is 0 Å². The summed E-state index contributed by atoms with van der Waals surface area (Å²) in [5, 5.41) is 0. The van der Waals surface area contributed by atoms with Gasteiger partial charge in [-0.3, -0.25) is 0 Å². The van der Waals surface area contributed by atoms with Gasteiger partial charge in [-0.2, -0.15) is 0 Å². The monoisotopic (exact) mass is 279 g/mol. The minimum Gasteiger partial charge on any atom is -0.748 e. The smallest absolute Gasteiger partial charge is 0.0916 e. The number of hydrogen-bond acceptors (Lipinski definition) is 3. The van der Waals surface area contributed by atoms with Gasteiger partial charge in [-0.25, -0.2) is 8.42 Å². The van der Waals surface area contributed by atoms with Gasteiger partial charge in [0.25, 0.3) is 0 Å². The second-order valence-electron chi connectivity index (χ2n) is 5.20. The molecule has 0 aromatic carbocycles. The molecule has 2 unspecified atom stereocenters. The highest BCUT2D eigenvalue weighted by Gasteiger charge is 2.24. The quantitative estimate of drug-likeness (QED) is 0.769. The Labute approximate surface area is 113 Å². The Balaban J connectivity index is 0.000000494. The number of unbranched alkanes of at least 4 members (excludes halogenated alkanes) is 1. The van der Waals surface area contributed by atoms with Gasteiger partial charge in [0, 0.05) is 6.26 Å². The van der Waals surface area contributed by atoms with Crippen molar-refractivity contribution in [2.45, 2.75) is 64.8 Å². The fourth-order valence-electron chi connectivity index (χ4n) is 2.60. The summed E-state index contributed by atoms with van der Waals surface area (Å²) in [6.07, 6.45) is 10.7. The number of likely N-dealkylation sites (tertiary alicyclic amines) is 1. The molecule has 0 aromatic rings. The number of quaternary nitrogens is 1. The van der Waals surface area contributed by atoms with Crippen LogP contribution in [0.4, 0.5) is 0 Å². The zero-order valence-corrected chi connectivity index (χ0v) is 12.9. The average Bonchev–Trinajstić information content (AvgIpc) is 2.26. The molecule has 1 N–H and O–H groups in total. The lowest BCUT2D eigenvalue weighted by Crippen LogP contribution is -3.16. The standard InChI is InChI=1S/C12H25N.CH4O3S/c1-3-5-8-12-9-6-7-11-13(12)10-4-2;1-5(2,3)4/h12H,3-11H2,1-2H3;1H3,(H,2,3,4). The van der Waals surface area contributed by atoms with E-state index in [4.69, 9.17) is 13.0 Å². The first-order valence-electron chi connectivity index (χ1n) is 7.13. The summed E-state index contributed by atoms with van der Waals surface area (Å²) in [6.45, 7) is 7.48. The molecule has 0 spiro atoms. The molecule has 0 saturated carbocycles. The van der Waals surface area contributed by atoms with Crippen molar-refractivity contribution < 1.29 is 17.9 Å². The van der Waals surface area contributed by atoms with E-state index < -0.39 is 10.1 Å². The van der Waals surface area contributed by atoms with E-state index in [1.165, 1.54) is 58.0 Å². The van der Waals surface area contributed by atoms with Gasteiger partial charge < -0.3 is 9.45 Å². The lowest BCUT2D eigenvalue weighted by atomic mass is 9.97. The van der Waals surface area contributed by atoms with Crippen molar-refractivity contribution in [1.82, 2.24) is 0 Å². The number of piperidine rings is 1. The summed E-state index contributed by atoms with van der Waals surface area (Å²) in [5.41, 5.74) is 0. The summed E-state index contributed by atoms with van der Waals surface area (Å²) in [6, 6.07) is 1.01. The maximum atomic E-state index is 9.08. The average molecular weight is 279 g/mol. The van der Waals surface area contributed by atoms with Gasteiger partial charge in [0.1, 0.15) is 0 Å². The summed E-state index contributed by atoms with van der Waals surface area (Å²) in [5.74, 6) is 0. The molecule has 1 fully saturated rings. The Kier molecular flexibility index (Phi) is 9.68. The maximum Gasteiger partial charge on any atom is 0.0916 e. The van der Waals surface area contributed by atoms with Gasteiger partial charge in [0.2, 0.25) is 0 Å². The zero-order valence-electron chi connectivity index (χ0n) is 12.1. The number of nitrogens with one attached hydrogen (secondary N) is 1. The number of hydrogen-bond donors (Lipinski definition) is 1. The first-order chi connectivity index (χ1) is 8.38. The van der Waals surface area contributed by atoms with Gasteiger partial charge in [-0.1, -0.05) is 20.3 Å². The van der Waals surface area contributed by atoms with Gasteiger partial charge in [0.15, 0.2) is 0 Å². The van der Waals surface area contributed by atoms with Crippen LogP contribution in [-0.4, -0.2) is 38.4 Å². The first-order valence-corrected chi connectivity index (χ1v) is 8.95. The lowest BCUT2D eigenvalue weighted by molar-refractivity contribution is -0.931. The minimum atomic E-state index is -3.92. The van der Waals surface area contributed by atoms with Crippen LogP contribution in [0.2, 0.25) is 0 Å². The van der Waals surface area contributed by atoms with Crippen LogP contribution in [0.5, 0.6) is 0 Å². The summed E-state index contributed by atoms with van der Waals surface area (Å²) in [7, 11) is -3.92. The van der Waals surface area contributed by atoms with Crippen molar-refractivity contribution in [2.75, 3.05) is 19.3 Å². The second-order valence-corrected chi connectivity index (χ2v) is 6.61. The van der Waals surface area contributed by atoms with E-state index in [1.54, 1.807) is 0 Å². The molecule has 0 aromatic heterocycles.